The lowest BCUT2D eigenvalue weighted by Crippen LogP contribution is -2.07. The lowest BCUT2D eigenvalue weighted by molar-refractivity contribution is 0.0993. The summed E-state index contributed by atoms with van der Waals surface area (Å²) in [4.78, 5) is 12.3. The van der Waals surface area contributed by atoms with E-state index >= 15 is 0 Å². The van der Waals surface area contributed by atoms with Crippen LogP contribution in [0.3, 0.4) is 0 Å². The van der Waals surface area contributed by atoms with Gasteiger partial charge in [-0.15, -0.1) is 0 Å². The summed E-state index contributed by atoms with van der Waals surface area (Å²) in [6.07, 6.45) is 0.0771. The molecule has 2 rings (SSSR count). The minimum Gasteiger partial charge on any atom is -0.497 e. The number of nitrogen functional groups attached to an aromatic ring is 1. The van der Waals surface area contributed by atoms with Crippen LogP contribution >= 0.6 is 15.9 Å². The third-order valence-electron chi connectivity index (χ3n) is 2.85. The Balaban J connectivity index is 2.27. The van der Waals surface area contributed by atoms with Crippen molar-refractivity contribution in [3.05, 3.63) is 57.8 Å². The Bertz CT molecular complexity index is 638. The van der Waals surface area contributed by atoms with E-state index in [0.717, 1.165) is 0 Å². The number of hydrogen-bond acceptors (Lipinski definition) is 3. The van der Waals surface area contributed by atoms with Gasteiger partial charge in [0, 0.05) is 22.1 Å². The maximum Gasteiger partial charge on any atom is 0.169 e. The highest BCUT2D eigenvalue weighted by Gasteiger charge is 2.13. The van der Waals surface area contributed by atoms with Gasteiger partial charge in [0.05, 0.1) is 7.11 Å². The number of halogens is 2. The summed E-state index contributed by atoms with van der Waals surface area (Å²) in [5.41, 5.74) is 7.15. The number of rotatable bonds is 4. The Morgan fingerprint density at radius 2 is 2.05 bits per heavy atom. The van der Waals surface area contributed by atoms with Gasteiger partial charge in [-0.2, -0.15) is 0 Å². The molecule has 0 atom stereocenters. The molecular weight excluding hydrogens is 325 g/mol. The molecule has 0 aliphatic rings. The molecule has 2 aromatic rings. The van der Waals surface area contributed by atoms with Crippen molar-refractivity contribution >= 4 is 27.4 Å². The largest absolute Gasteiger partial charge is 0.497 e. The number of carbonyl (C=O) groups excluding carboxylic acids is 1. The Labute approximate surface area is 124 Å². The molecule has 104 valence electrons. The molecule has 0 aliphatic carbocycles. The van der Waals surface area contributed by atoms with Crippen molar-refractivity contribution in [1.82, 2.24) is 0 Å². The fraction of sp³-hybridized carbons (Fsp3) is 0.133. The van der Waals surface area contributed by atoms with E-state index in [1.807, 2.05) is 0 Å². The summed E-state index contributed by atoms with van der Waals surface area (Å²) in [5.74, 6) is -0.0114. The summed E-state index contributed by atoms with van der Waals surface area (Å²) in [5, 5.41) is 0. The van der Waals surface area contributed by atoms with E-state index < -0.39 is 0 Å². The molecule has 0 fully saturated rings. The van der Waals surface area contributed by atoms with Crippen LogP contribution in [0.15, 0.2) is 40.9 Å². The van der Waals surface area contributed by atoms with Crippen molar-refractivity contribution in [3.8, 4) is 5.75 Å². The average molecular weight is 338 g/mol. The first-order chi connectivity index (χ1) is 9.49. The fourth-order valence-corrected chi connectivity index (χ4v) is 2.41. The summed E-state index contributed by atoms with van der Waals surface area (Å²) < 4.78 is 19.0. The molecule has 0 spiro atoms. The highest BCUT2D eigenvalue weighted by molar-refractivity contribution is 9.10. The number of hydrogen-bond donors (Lipinski definition) is 1. The zero-order chi connectivity index (χ0) is 14.7. The van der Waals surface area contributed by atoms with Crippen molar-refractivity contribution in [3.63, 3.8) is 0 Å². The van der Waals surface area contributed by atoms with Gasteiger partial charge in [-0.05, 0) is 42.0 Å². The monoisotopic (exact) mass is 337 g/mol. The smallest absolute Gasteiger partial charge is 0.169 e. The van der Waals surface area contributed by atoms with Crippen molar-refractivity contribution < 1.29 is 13.9 Å². The minimum absolute atomic E-state index is 0.0771. The Hall–Kier alpha value is -1.88. The Kier molecular flexibility index (Phi) is 4.39. The first kappa shape index (κ1) is 14.5. The lowest BCUT2D eigenvalue weighted by Gasteiger charge is -2.08. The van der Waals surface area contributed by atoms with E-state index in [9.17, 15) is 9.18 Å². The Morgan fingerprint density at radius 3 is 2.70 bits per heavy atom. The number of ether oxygens (including phenoxy) is 1. The molecular formula is C15H13BrFNO2. The molecule has 0 aromatic heterocycles. The number of Topliss-reactive ketones (excluding diaryl/α,β-unsaturated/α-hetero) is 1. The summed E-state index contributed by atoms with van der Waals surface area (Å²) in [6.45, 7) is 0. The quantitative estimate of drug-likeness (QED) is 0.685. The first-order valence-corrected chi connectivity index (χ1v) is 6.70. The molecule has 3 nitrogen and oxygen atoms in total. The normalized spacial score (nSPS) is 10.3. The molecule has 2 N–H and O–H groups in total. The van der Waals surface area contributed by atoms with Gasteiger partial charge in [0.15, 0.2) is 5.78 Å². The molecule has 0 saturated carbocycles. The van der Waals surface area contributed by atoms with Crippen molar-refractivity contribution in [2.75, 3.05) is 12.8 Å². The molecule has 0 saturated heterocycles. The van der Waals surface area contributed by atoms with Crippen LogP contribution in [-0.2, 0) is 6.42 Å². The fourth-order valence-electron chi connectivity index (χ4n) is 1.90. The molecule has 0 unspecified atom stereocenters. The number of anilines is 1. The number of carbonyl (C=O) groups is 1. The average Bonchev–Trinajstić information content (AvgIpc) is 2.37. The molecule has 2 aromatic carbocycles. The maximum atomic E-state index is 13.3. The predicted octanol–water partition coefficient (Wildman–Crippen LogP) is 3.60. The zero-order valence-electron chi connectivity index (χ0n) is 10.8. The maximum absolute atomic E-state index is 13.3. The minimum atomic E-state index is -0.388. The van der Waals surface area contributed by atoms with E-state index in [2.05, 4.69) is 15.9 Å². The molecule has 0 aliphatic heterocycles. The number of ketones is 1. The highest BCUT2D eigenvalue weighted by atomic mass is 79.9. The van der Waals surface area contributed by atoms with E-state index in [1.54, 1.807) is 24.3 Å². The van der Waals surface area contributed by atoms with E-state index in [-0.39, 0.29) is 18.0 Å². The van der Waals surface area contributed by atoms with Crippen LogP contribution in [0.4, 0.5) is 10.1 Å². The summed E-state index contributed by atoms with van der Waals surface area (Å²) in [6, 6.07) is 9.27. The van der Waals surface area contributed by atoms with Gasteiger partial charge in [0.25, 0.3) is 0 Å². The van der Waals surface area contributed by atoms with E-state index in [1.165, 1.54) is 19.2 Å². The molecule has 20 heavy (non-hydrogen) atoms. The van der Waals surface area contributed by atoms with Crippen LogP contribution in [-0.4, -0.2) is 12.9 Å². The summed E-state index contributed by atoms with van der Waals surface area (Å²) in [7, 11) is 1.52. The zero-order valence-corrected chi connectivity index (χ0v) is 12.4. The van der Waals surface area contributed by atoms with Crippen LogP contribution < -0.4 is 10.5 Å². The second-order valence-corrected chi connectivity index (χ2v) is 5.25. The van der Waals surface area contributed by atoms with E-state index in [0.29, 0.717) is 27.0 Å². The lowest BCUT2D eigenvalue weighted by atomic mass is 10.0. The summed E-state index contributed by atoms with van der Waals surface area (Å²) >= 11 is 3.20. The van der Waals surface area contributed by atoms with Gasteiger partial charge < -0.3 is 10.5 Å². The SMILES string of the molecule is COc1ccc(N)c(C(=O)Cc2cc(F)cc(Br)c2)c1. The molecule has 0 heterocycles. The van der Waals surface area contributed by atoms with Crippen molar-refractivity contribution in [1.29, 1.82) is 0 Å². The third kappa shape index (κ3) is 3.36. The highest BCUT2D eigenvalue weighted by Crippen LogP contribution is 2.22. The van der Waals surface area contributed by atoms with Crippen molar-refractivity contribution in [2.24, 2.45) is 0 Å². The number of benzene rings is 2. The van der Waals surface area contributed by atoms with Gasteiger partial charge >= 0.3 is 0 Å². The van der Waals surface area contributed by atoms with Gasteiger partial charge in [0.2, 0.25) is 0 Å². The van der Waals surface area contributed by atoms with Crippen LogP contribution in [0.25, 0.3) is 0 Å². The topological polar surface area (TPSA) is 52.3 Å². The number of methoxy groups -OCH3 is 1. The molecule has 0 radical (unpaired) electrons. The number of nitrogens with two attached hydrogens (primary N) is 1. The second kappa shape index (κ2) is 6.05. The van der Waals surface area contributed by atoms with Gasteiger partial charge in [-0.3, -0.25) is 4.79 Å². The van der Waals surface area contributed by atoms with Gasteiger partial charge in [0.1, 0.15) is 11.6 Å². The third-order valence-corrected chi connectivity index (χ3v) is 3.31. The van der Waals surface area contributed by atoms with Gasteiger partial charge in [-0.25, -0.2) is 4.39 Å². The van der Waals surface area contributed by atoms with Crippen LogP contribution in [0.1, 0.15) is 15.9 Å². The molecule has 0 amide bonds. The van der Waals surface area contributed by atoms with Gasteiger partial charge in [-0.1, -0.05) is 15.9 Å². The molecule has 0 bridgehead atoms. The predicted molar refractivity (Wildman–Crippen MR) is 79.5 cm³/mol. The van der Waals surface area contributed by atoms with Crippen LogP contribution in [0.5, 0.6) is 5.75 Å². The van der Waals surface area contributed by atoms with Crippen LogP contribution in [0, 0.1) is 5.82 Å². The first-order valence-electron chi connectivity index (χ1n) is 5.91. The van der Waals surface area contributed by atoms with Crippen LogP contribution in [0.2, 0.25) is 0 Å². The Morgan fingerprint density at radius 1 is 1.30 bits per heavy atom. The standard InChI is InChI=1S/C15H13BrFNO2/c1-20-12-2-3-14(18)13(8-12)15(19)6-9-4-10(16)7-11(17)5-9/h2-5,7-8H,6,18H2,1H3. The van der Waals surface area contributed by atoms with Crippen molar-refractivity contribution in [2.45, 2.75) is 6.42 Å². The van der Waals surface area contributed by atoms with E-state index in [4.69, 9.17) is 10.5 Å². The second-order valence-electron chi connectivity index (χ2n) is 4.33. The molecule has 5 heteroatoms.